The van der Waals surface area contributed by atoms with Gasteiger partial charge >= 0.3 is 5.97 Å². The molecule has 0 radical (unpaired) electrons. The van der Waals surface area contributed by atoms with Crippen molar-refractivity contribution in [3.05, 3.63) is 0 Å². The van der Waals surface area contributed by atoms with Crippen molar-refractivity contribution in [1.82, 2.24) is 5.48 Å². The van der Waals surface area contributed by atoms with Crippen LogP contribution >= 0.6 is 0 Å². The summed E-state index contributed by atoms with van der Waals surface area (Å²) in [6, 6.07) is -1.03. The Hall–Kier alpha value is -0.940. The van der Waals surface area contributed by atoms with Gasteiger partial charge in [-0.1, -0.05) is 0 Å². The number of carboxylic acid groups (broad SMARTS) is 1. The fourth-order valence-electron chi connectivity index (χ4n) is 0.414. The number of carbonyl (C=O) groups is 2. The van der Waals surface area contributed by atoms with Crippen molar-refractivity contribution < 1.29 is 19.9 Å². The van der Waals surface area contributed by atoms with Crippen molar-refractivity contribution in [2.75, 3.05) is 0 Å². The minimum absolute atomic E-state index is 0.346. The number of aliphatic carboxylic acids is 1. The first-order chi connectivity index (χ1) is 4.63. The standard InChI is InChI=1S/C5H9NO4/c1-3(5(8)9)4(2-7)6-10/h2-4,6,10H,1H3,(H,8,9). The van der Waals surface area contributed by atoms with Crippen molar-refractivity contribution in [3.63, 3.8) is 0 Å². The van der Waals surface area contributed by atoms with Gasteiger partial charge < -0.3 is 15.1 Å². The van der Waals surface area contributed by atoms with Gasteiger partial charge in [-0.2, -0.15) is 5.48 Å². The molecule has 0 spiro atoms. The minimum Gasteiger partial charge on any atom is -0.481 e. The first kappa shape index (κ1) is 9.06. The maximum atomic E-state index is 10.1. The molecule has 0 aliphatic carbocycles. The van der Waals surface area contributed by atoms with Crippen LogP contribution in [0.3, 0.4) is 0 Å². The second kappa shape index (κ2) is 3.97. The minimum atomic E-state index is -1.13. The number of carboxylic acids is 1. The summed E-state index contributed by atoms with van der Waals surface area (Å²) in [6.07, 6.45) is 0.346. The highest BCUT2D eigenvalue weighted by Gasteiger charge is 2.21. The Kier molecular flexibility index (Phi) is 3.60. The molecule has 0 aromatic carbocycles. The molecule has 5 heteroatoms. The third-order valence-electron chi connectivity index (χ3n) is 1.22. The maximum Gasteiger partial charge on any atom is 0.308 e. The third-order valence-corrected chi connectivity index (χ3v) is 1.22. The van der Waals surface area contributed by atoms with Crippen LogP contribution in [0.2, 0.25) is 0 Å². The highest BCUT2D eigenvalue weighted by atomic mass is 16.5. The number of hydroxylamine groups is 1. The molecule has 0 aliphatic rings. The van der Waals surface area contributed by atoms with Crippen LogP contribution in [0.25, 0.3) is 0 Å². The summed E-state index contributed by atoms with van der Waals surface area (Å²) in [7, 11) is 0. The lowest BCUT2D eigenvalue weighted by atomic mass is 10.1. The van der Waals surface area contributed by atoms with E-state index >= 15 is 0 Å². The van der Waals surface area contributed by atoms with Crippen LogP contribution in [0.15, 0.2) is 0 Å². The van der Waals surface area contributed by atoms with E-state index in [0.717, 1.165) is 0 Å². The van der Waals surface area contributed by atoms with E-state index in [2.05, 4.69) is 0 Å². The Labute approximate surface area is 57.6 Å². The lowest BCUT2D eigenvalue weighted by Crippen LogP contribution is -2.37. The molecular weight excluding hydrogens is 138 g/mol. The summed E-state index contributed by atoms with van der Waals surface area (Å²) in [5.74, 6) is -2.04. The van der Waals surface area contributed by atoms with Crippen molar-refractivity contribution in [2.24, 2.45) is 5.92 Å². The molecule has 0 aromatic heterocycles. The molecule has 3 N–H and O–H groups in total. The highest BCUT2D eigenvalue weighted by Crippen LogP contribution is 1.98. The third kappa shape index (κ3) is 2.12. The zero-order valence-corrected chi connectivity index (χ0v) is 5.44. The van der Waals surface area contributed by atoms with E-state index in [1.807, 2.05) is 0 Å². The monoisotopic (exact) mass is 147 g/mol. The molecule has 58 valence electrons. The van der Waals surface area contributed by atoms with Gasteiger partial charge in [0, 0.05) is 0 Å². The summed E-state index contributed by atoms with van der Waals surface area (Å²) in [4.78, 5) is 20.1. The summed E-state index contributed by atoms with van der Waals surface area (Å²) in [5, 5.41) is 16.5. The van der Waals surface area contributed by atoms with Gasteiger partial charge in [0.05, 0.1) is 5.92 Å². The normalized spacial score (nSPS) is 15.8. The molecule has 0 saturated heterocycles. The first-order valence-corrected chi connectivity index (χ1v) is 2.71. The van der Waals surface area contributed by atoms with E-state index in [9.17, 15) is 9.59 Å². The van der Waals surface area contributed by atoms with E-state index in [1.165, 1.54) is 6.92 Å². The van der Waals surface area contributed by atoms with Crippen LogP contribution in [0.5, 0.6) is 0 Å². The predicted octanol–water partition coefficient (Wildman–Crippen LogP) is -0.747. The van der Waals surface area contributed by atoms with Crippen LogP contribution in [-0.4, -0.2) is 28.6 Å². The van der Waals surface area contributed by atoms with Gasteiger partial charge in [0.1, 0.15) is 12.3 Å². The summed E-state index contributed by atoms with van der Waals surface area (Å²) < 4.78 is 0. The molecular formula is C5H9NO4. The van der Waals surface area contributed by atoms with Gasteiger partial charge in [-0.15, -0.1) is 0 Å². The number of rotatable bonds is 4. The lowest BCUT2D eigenvalue weighted by Gasteiger charge is -2.10. The van der Waals surface area contributed by atoms with Gasteiger partial charge in [0.2, 0.25) is 0 Å². The highest BCUT2D eigenvalue weighted by molar-refractivity contribution is 5.76. The molecule has 0 aromatic rings. The van der Waals surface area contributed by atoms with Gasteiger partial charge in [0.15, 0.2) is 0 Å². The Morgan fingerprint density at radius 1 is 1.70 bits per heavy atom. The van der Waals surface area contributed by atoms with Gasteiger partial charge in [-0.05, 0) is 6.92 Å². The van der Waals surface area contributed by atoms with Crippen LogP contribution < -0.4 is 5.48 Å². The molecule has 2 unspecified atom stereocenters. The van der Waals surface area contributed by atoms with Crippen molar-refractivity contribution in [3.8, 4) is 0 Å². The summed E-state index contributed by atoms with van der Waals surface area (Å²) in [6.45, 7) is 1.32. The van der Waals surface area contributed by atoms with Crippen molar-refractivity contribution >= 4 is 12.3 Å². The smallest absolute Gasteiger partial charge is 0.308 e. The van der Waals surface area contributed by atoms with E-state index < -0.39 is 17.9 Å². The van der Waals surface area contributed by atoms with Gasteiger partial charge in [-0.3, -0.25) is 4.79 Å². The van der Waals surface area contributed by atoms with Crippen molar-refractivity contribution in [2.45, 2.75) is 13.0 Å². The summed E-state index contributed by atoms with van der Waals surface area (Å²) in [5.41, 5.74) is 1.58. The average molecular weight is 147 g/mol. The SMILES string of the molecule is CC(C(=O)O)C(C=O)NO. The van der Waals surface area contributed by atoms with E-state index in [1.54, 1.807) is 5.48 Å². The molecule has 2 atom stereocenters. The molecule has 0 rings (SSSR count). The number of hydrogen-bond acceptors (Lipinski definition) is 4. The Balaban J connectivity index is 4.00. The quantitative estimate of drug-likeness (QED) is 0.360. The Morgan fingerprint density at radius 2 is 2.20 bits per heavy atom. The molecule has 0 aliphatic heterocycles. The molecule has 5 nitrogen and oxygen atoms in total. The number of nitrogens with one attached hydrogen (secondary N) is 1. The lowest BCUT2D eigenvalue weighted by molar-refractivity contribution is -0.144. The van der Waals surface area contributed by atoms with Crippen LogP contribution in [0, 0.1) is 5.92 Å². The fourth-order valence-corrected chi connectivity index (χ4v) is 0.414. The van der Waals surface area contributed by atoms with Crippen LogP contribution in [0.1, 0.15) is 6.92 Å². The zero-order valence-electron chi connectivity index (χ0n) is 5.44. The Bertz CT molecular complexity index is 136. The second-order valence-corrected chi connectivity index (χ2v) is 1.92. The van der Waals surface area contributed by atoms with Crippen LogP contribution in [0.4, 0.5) is 0 Å². The second-order valence-electron chi connectivity index (χ2n) is 1.92. The topological polar surface area (TPSA) is 86.6 Å². The number of carbonyl (C=O) groups excluding carboxylic acids is 1. The number of aldehydes is 1. The van der Waals surface area contributed by atoms with Gasteiger partial charge in [-0.25, -0.2) is 0 Å². The molecule has 10 heavy (non-hydrogen) atoms. The van der Waals surface area contributed by atoms with E-state index in [0.29, 0.717) is 6.29 Å². The average Bonchev–Trinajstić information content (AvgIpc) is 1.90. The van der Waals surface area contributed by atoms with E-state index in [-0.39, 0.29) is 0 Å². The Morgan fingerprint density at radius 3 is 2.30 bits per heavy atom. The zero-order chi connectivity index (χ0) is 8.15. The van der Waals surface area contributed by atoms with Crippen molar-refractivity contribution in [1.29, 1.82) is 0 Å². The molecule has 0 heterocycles. The van der Waals surface area contributed by atoms with Gasteiger partial charge in [0.25, 0.3) is 0 Å². The largest absolute Gasteiger partial charge is 0.481 e. The molecule has 0 amide bonds. The predicted molar refractivity (Wildman–Crippen MR) is 31.6 cm³/mol. The first-order valence-electron chi connectivity index (χ1n) is 2.71. The van der Waals surface area contributed by atoms with E-state index in [4.69, 9.17) is 10.3 Å². The number of hydrogen-bond donors (Lipinski definition) is 3. The molecule has 0 saturated carbocycles. The maximum absolute atomic E-state index is 10.1. The van der Waals surface area contributed by atoms with Crippen LogP contribution in [-0.2, 0) is 9.59 Å². The molecule has 0 bridgehead atoms. The summed E-state index contributed by atoms with van der Waals surface area (Å²) >= 11 is 0. The molecule has 0 fully saturated rings. The fraction of sp³-hybridized carbons (Fsp3) is 0.600.